The zero-order valence-corrected chi connectivity index (χ0v) is 11.4. The van der Waals surface area contributed by atoms with E-state index in [1.807, 2.05) is 6.92 Å². The van der Waals surface area contributed by atoms with Crippen molar-refractivity contribution in [1.29, 1.82) is 0 Å². The lowest BCUT2D eigenvalue weighted by molar-refractivity contribution is -0.118. The largest absolute Gasteiger partial charge is 0.488 e. The molecule has 0 fully saturated rings. The molecule has 2 N–H and O–H groups in total. The summed E-state index contributed by atoms with van der Waals surface area (Å²) in [6, 6.07) is 5.24. The van der Waals surface area contributed by atoms with E-state index in [0.29, 0.717) is 17.0 Å². The molecule has 0 bridgehead atoms. The van der Waals surface area contributed by atoms with E-state index in [0.717, 1.165) is 11.3 Å². The summed E-state index contributed by atoms with van der Waals surface area (Å²) in [5, 5.41) is 12.2. The van der Waals surface area contributed by atoms with Crippen LogP contribution in [-0.2, 0) is 4.79 Å². The van der Waals surface area contributed by atoms with Crippen LogP contribution in [0.1, 0.15) is 18.9 Å². The second-order valence-electron chi connectivity index (χ2n) is 4.53. The van der Waals surface area contributed by atoms with E-state index in [1.165, 1.54) is 0 Å². The second-order valence-corrected chi connectivity index (χ2v) is 4.96. The summed E-state index contributed by atoms with van der Waals surface area (Å²) in [5.41, 5.74) is 1.36. The first-order valence-corrected chi connectivity index (χ1v) is 6.52. The lowest BCUT2D eigenvalue weighted by atomic mass is 10.1. The van der Waals surface area contributed by atoms with Gasteiger partial charge < -0.3 is 15.2 Å². The number of nitrogens with one attached hydrogen (secondary N) is 1. The summed E-state index contributed by atoms with van der Waals surface area (Å²) in [6.07, 6.45) is 2.31. The van der Waals surface area contributed by atoms with Crippen LogP contribution in [0.3, 0.4) is 0 Å². The third-order valence-corrected chi connectivity index (χ3v) is 3.15. The highest BCUT2D eigenvalue weighted by atomic mass is 35.5. The number of hydrogen-bond acceptors (Lipinski definition) is 3. The molecule has 0 saturated heterocycles. The van der Waals surface area contributed by atoms with Crippen molar-refractivity contribution in [3.8, 4) is 5.75 Å². The standard InChI is InChI=1S/C14H16ClNO3/c1-9(4-5-17)16-14(18)11-6-10-7-12(15)2-3-13(10)19-8-11/h2-3,6-7,9,17H,4-5,8H2,1H3,(H,16,18). The van der Waals surface area contributed by atoms with Crippen molar-refractivity contribution < 1.29 is 14.6 Å². The monoisotopic (exact) mass is 281 g/mol. The Balaban J connectivity index is 2.12. The predicted octanol–water partition coefficient (Wildman–Crippen LogP) is 2.00. The van der Waals surface area contributed by atoms with E-state index < -0.39 is 0 Å². The normalized spacial score (nSPS) is 15.0. The minimum absolute atomic E-state index is 0.0510. The smallest absolute Gasteiger partial charge is 0.250 e. The van der Waals surface area contributed by atoms with E-state index in [9.17, 15) is 4.79 Å². The average Bonchev–Trinajstić information content (AvgIpc) is 2.38. The third-order valence-electron chi connectivity index (χ3n) is 2.92. The van der Waals surface area contributed by atoms with Crippen LogP contribution >= 0.6 is 11.6 Å². The third kappa shape index (κ3) is 3.49. The van der Waals surface area contributed by atoms with Crippen molar-refractivity contribution in [2.75, 3.05) is 13.2 Å². The Bertz CT molecular complexity index is 513. The maximum absolute atomic E-state index is 12.0. The lowest BCUT2D eigenvalue weighted by Crippen LogP contribution is -2.36. The molecular weight excluding hydrogens is 266 g/mol. The Hall–Kier alpha value is -1.52. The van der Waals surface area contributed by atoms with E-state index in [1.54, 1.807) is 24.3 Å². The first-order chi connectivity index (χ1) is 9.10. The van der Waals surface area contributed by atoms with Gasteiger partial charge in [0, 0.05) is 23.2 Å². The van der Waals surface area contributed by atoms with Crippen LogP contribution in [0, 0.1) is 0 Å². The summed E-state index contributed by atoms with van der Waals surface area (Å²) in [5.74, 6) is 0.552. The second kappa shape index (κ2) is 6.08. The number of hydrogen-bond donors (Lipinski definition) is 2. The molecule has 0 aromatic heterocycles. The number of ether oxygens (including phenoxy) is 1. The fraction of sp³-hybridized carbons (Fsp3) is 0.357. The first kappa shape index (κ1) is 13.9. The fourth-order valence-electron chi connectivity index (χ4n) is 1.86. The number of rotatable bonds is 4. The Kier molecular flexibility index (Phi) is 4.45. The zero-order chi connectivity index (χ0) is 13.8. The number of fused-ring (bicyclic) bond motifs is 1. The van der Waals surface area contributed by atoms with Crippen molar-refractivity contribution in [1.82, 2.24) is 5.32 Å². The van der Waals surface area contributed by atoms with Gasteiger partial charge in [-0.3, -0.25) is 4.79 Å². The molecule has 0 radical (unpaired) electrons. The quantitative estimate of drug-likeness (QED) is 0.887. The molecule has 1 unspecified atom stereocenters. The SMILES string of the molecule is CC(CCO)NC(=O)C1=Cc2cc(Cl)ccc2OC1. The van der Waals surface area contributed by atoms with Crippen molar-refractivity contribution >= 4 is 23.6 Å². The summed E-state index contributed by atoms with van der Waals surface area (Å²) in [7, 11) is 0. The molecule has 0 saturated carbocycles. The molecule has 0 spiro atoms. The van der Waals surface area contributed by atoms with Crippen LogP contribution < -0.4 is 10.1 Å². The minimum Gasteiger partial charge on any atom is -0.488 e. The van der Waals surface area contributed by atoms with Crippen molar-refractivity contribution in [3.05, 3.63) is 34.4 Å². The van der Waals surface area contributed by atoms with E-state index in [4.69, 9.17) is 21.4 Å². The number of aliphatic hydroxyl groups excluding tert-OH is 1. The van der Waals surface area contributed by atoms with Crippen molar-refractivity contribution in [2.45, 2.75) is 19.4 Å². The highest BCUT2D eigenvalue weighted by Crippen LogP contribution is 2.28. The van der Waals surface area contributed by atoms with Gasteiger partial charge in [-0.25, -0.2) is 0 Å². The number of amides is 1. The minimum atomic E-state index is -0.174. The van der Waals surface area contributed by atoms with Gasteiger partial charge in [-0.2, -0.15) is 0 Å². The summed E-state index contributed by atoms with van der Waals surface area (Å²) >= 11 is 5.92. The average molecular weight is 282 g/mol. The maximum Gasteiger partial charge on any atom is 0.250 e. The molecule has 102 valence electrons. The molecule has 1 aromatic carbocycles. The van der Waals surface area contributed by atoms with Gasteiger partial charge >= 0.3 is 0 Å². The number of carbonyl (C=O) groups excluding carboxylic acids is 1. The molecule has 2 rings (SSSR count). The topological polar surface area (TPSA) is 58.6 Å². The van der Waals surface area contributed by atoms with E-state index >= 15 is 0 Å². The van der Waals surface area contributed by atoms with Gasteiger partial charge in [-0.15, -0.1) is 0 Å². The van der Waals surface area contributed by atoms with Crippen molar-refractivity contribution in [3.63, 3.8) is 0 Å². The molecule has 1 aliphatic heterocycles. The maximum atomic E-state index is 12.0. The highest BCUT2D eigenvalue weighted by Gasteiger charge is 2.18. The highest BCUT2D eigenvalue weighted by molar-refractivity contribution is 6.30. The van der Waals surface area contributed by atoms with Gasteiger partial charge in [0.05, 0.1) is 5.57 Å². The van der Waals surface area contributed by atoms with Crippen LogP contribution in [0.15, 0.2) is 23.8 Å². The van der Waals surface area contributed by atoms with Crippen LogP contribution in [0.4, 0.5) is 0 Å². The molecule has 5 heteroatoms. The Morgan fingerprint density at radius 1 is 1.58 bits per heavy atom. The molecule has 1 aliphatic rings. The Morgan fingerprint density at radius 3 is 3.11 bits per heavy atom. The molecule has 1 heterocycles. The number of carbonyl (C=O) groups is 1. The number of benzene rings is 1. The Morgan fingerprint density at radius 2 is 2.37 bits per heavy atom. The lowest BCUT2D eigenvalue weighted by Gasteiger charge is -2.19. The molecule has 0 aliphatic carbocycles. The van der Waals surface area contributed by atoms with Gasteiger partial charge in [0.25, 0.3) is 5.91 Å². The predicted molar refractivity (Wildman–Crippen MR) is 74.2 cm³/mol. The molecule has 4 nitrogen and oxygen atoms in total. The van der Waals surface area contributed by atoms with E-state index in [2.05, 4.69) is 5.32 Å². The summed E-state index contributed by atoms with van der Waals surface area (Å²) in [4.78, 5) is 12.0. The van der Waals surface area contributed by atoms with Crippen LogP contribution in [0.5, 0.6) is 5.75 Å². The summed E-state index contributed by atoms with van der Waals surface area (Å²) in [6.45, 7) is 2.14. The van der Waals surface area contributed by atoms with Gasteiger partial charge in [0.1, 0.15) is 12.4 Å². The van der Waals surface area contributed by atoms with Gasteiger partial charge in [-0.05, 0) is 37.6 Å². The van der Waals surface area contributed by atoms with Gasteiger partial charge in [0.2, 0.25) is 0 Å². The van der Waals surface area contributed by atoms with Crippen LogP contribution in [0.25, 0.3) is 6.08 Å². The number of halogens is 1. The van der Waals surface area contributed by atoms with Crippen molar-refractivity contribution in [2.24, 2.45) is 0 Å². The summed E-state index contributed by atoms with van der Waals surface area (Å²) < 4.78 is 5.52. The van der Waals surface area contributed by atoms with E-state index in [-0.39, 0.29) is 25.2 Å². The molecule has 1 aromatic rings. The fourth-order valence-corrected chi connectivity index (χ4v) is 2.04. The molecule has 19 heavy (non-hydrogen) atoms. The molecular formula is C14H16ClNO3. The number of aliphatic hydroxyl groups is 1. The van der Waals surface area contributed by atoms with Gasteiger partial charge in [0.15, 0.2) is 0 Å². The Labute approximate surface area is 117 Å². The van der Waals surface area contributed by atoms with Gasteiger partial charge in [-0.1, -0.05) is 11.6 Å². The van der Waals surface area contributed by atoms with Crippen LogP contribution in [0.2, 0.25) is 5.02 Å². The molecule has 1 atom stereocenters. The zero-order valence-electron chi connectivity index (χ0n) is 10.6. The molecule has 1 amide bonds. The first-order valence-electron chi connectivity index (χ1n) is 6.15. The van der Waals surface area contributed by atoms with Crippen LogP contribution in [-0.4, -0.2) is 30.3 Å².